The number of imidazole rings is 2. The number of amides is 4. The van der Waals surface area contributed by atoms with Gasteiger partial charge in [-0.05, 0) is 71.7 Å². The molecule has 5 atom stereocenters. The maximum absolute atomic E-state index is 13.6. The molecule has 2 aromatic heterocycles. The summed E-state index contributed by atoms with van der Waals surface area (Å²) in [6.45, 7) is 8.18. The Balaban J connectivity index is 1.05. The number of methoxy groups -OCH3 is 2. The zero-order valence-electron chi connectivity index (χ0n) is 33.3. The number of hydrogen-bond acceptors (Lipinski definition) is 8. The molecular weight excluding hydrogens is 725 g/mol. The molecule has 0 unspecified atom stereocenters. The van der Waals surface area contributed by atoms with E-state index < -0.39 is 24.3 Å². The lowest BCUT2D eigenvalue weighted by Crippen LogP contribution is -2.52. The number of aromatic amines is 2. The molecule has 4 amide bonds. The molecule has 14 nitrogen and oxygen atoms in total. The first-order chi connectivity index (χ1) is 27.4. The molecular formula is C43H52N8O6. The maximum Gasteiger partial charge on any atom is 0.407 e. The molecule has 300 valence electrons. The van der Waals surface area contributed by atoms with Crippen molar-refractivity contribution in [2.24, 2.45) is 11.8 Å². The van der Waals surface area contributed by atoms with Crippen molar-refractivity contribution in [1.82, 2.24) is 40.8 Å². The van der Waals surface area contributed by atoms with Crippen LogP contribution in [-0.2, 0) is 19.1 Å². The van der Waals surface area contributed by atoms with Crippen molar-refractivity contribution in [3.63, 3.8) is 0 Å². The molecule has 0 spiro atoms. The molecule has 57 heavy (non-hydrogen) atoms. The molecule has 5 N–H and O–H groups in total. The third-order valence-electron chi connectivity index (χ3n) is 11.5. The normalized spacial score (nSPS) is 19.2. The van der Waals surface area contributed by atoms with E-state index in [4.69, 9.17) is 19.4 Å². The number of nitrogens with one attached hydrogen (secondary N) is 5. The molecule has 1 saturated heterocycles. The lowest BCUT2D eigenvalue weighted by Gasteiger charge is -2.30. The number of likely N-dealkylation sites (tertiary alicyclic amines) is 1. The fourth-order valence-corrected chi connectivity index (χ4v) is 8.32. The summed E-state index contributed by atoms with van der Waals surface area (Å²) in [6.07, 6.45) is 4.88. The summed E-state index contributed by atoms with van der Waals surface area (Å²) in [4.78, 5) is 69.3. The highest BCUT2D eigenvalue weighted by molar-refractivity contribution is 6.05. The molecule has 0 bridgehead atoms. The second-order valence-electron chi connectivity index (χ2n) is 15.8. The molecule has 1 aliphatic heterocycles. The van der Waals surface area contributed by atoms with Crippen molar-refractivity contribution in [2.45, 2.75) is 89.9 Å². The second-order valence-corrected chi connectivity index (χ2v) is 15.8. The Labute approximate surface area is 331 Å². The quantitative estimate of drug-likeness (QED) is 0.0955. The lowest BCUT2D eigenvalue weighted by molar-refractivity contribution is -0.135. The first kappa shape index (κ1) is 39.3. The largest absolute Gasteiger partial charge is 0.453 e. The average molecular weight is 777 g/mol. The van der Waals surface area contributed by atoms with Crippen LogP contribution in [0.15, 0.2) is 60.8 Å². The van der Waals surface area contributed by atoms with Gasteiger partial charge in [0.1, 0.15) is 23.7 Å². The Morgan fingerprint density at radius 1 is 0.772 bits per heavy atom. The van der Waals surface area contributed by atoms with Crippen molar-refractivity contribution < 1.29 is 28.7 Å². The number of benzene rings is 3. The molecule has 3 heterocycles. The topological polar surface area (TPSA) is 183 Å². The van der Waals surface area contributed by atoms with E-state index in [-0.39, 0.29) is 41.7 Å². The minimum Gasteiger partial charge on any atom is -0.453 e. The second kappa shape index (κ2) is 16.7. The predicted octanol–water partition coefficient (Wildman–Crippen LogP) is 6.95. The Kier molecular flexibility index (Phi) is 11.5. The average Bonchev–Trinajstić information content (AvgIpc) is 4.04. The SMILES string of the molecule is COC(=O)N[C@H](C(=O)N[C@@H]1CCC[C@H]1c1nc2c(ccc3cc(-c4ccc(-c5cnc([C@@H]6CCCN6C(=O)[C@@H](NC(=O)OC)C(C)C)[nH]5)cc4)ccc32)[nH]1)C(C)C. The number of H-pyrrole nitrogens is 2. The summed E-state index contributed by atoms with van der Waals surface area (Å²) in [5, 5.41) is 10.7. The third-order valence-corrected chi connectivity index (χ3v) is 11.5. The van der Waals surface area contributed by atoms with Crippen molar-refractivity contribution in [2.75, 3.05) is 20.8 Å². The van der Waals surface area contributed by atoms with Gasteiger partial charge < -0.3 is 40.3 Å². The summed E-state index contributed by atoms with van der Waals surface area (Å²) < 4.78 is 9.50. The highest BCUT2D eigenvalue weighted by atomic mass is 16.5. The molecule has 0 radical (unpaired) electrons. The summed E-state index contributed by atoms with van der Waals surface area (Å²) in [5.74, 6) is 1.03. The predicted molar refractivity (Wildman–Crippen MR) is 217 cm³/mol. The summed E-state index contributed by atoms with van der Waals surface area (Å²) in [6, 6.07) is 17.2. The Morgan fingerprint density at radius 2 is 1.46 bits per heavy atom. The van der Waals surface area contributed by atoms with Crippen molar-refractivity contribution in [3.05, 3.63) is 72.4 Å². The Bertz CT molecular complexity index is 2260. The molecule has 2 fully saturated rings. The smallest absolute Gasteiger partial charge is 0.407 e. The summed E-state index contributed by atoms with van der Waals surface area (Å²) >= 11 is 0. The number of alkyl carbamates (subject to hydrolysis) is 2. The minimum absolute atomic E-state index is 0.0261. The van der Waals surface area contributed by atoms with Gasteiger partial charge in [0.25, 0.3) is 0 Å². The number of ether oxygens (including phenoxy) is 2. The van der Waals surface area contributed by atoms with Crippen molar-refractivity contribution in [3.8, 4) is 22.4 Å². The van der Waals surface area contributed by atoms with Gasteiger partial charge in [0.2, 0.25) is 11.8 Å². The van der Waals surface area contributed by atoms with E-state index in [9.17, 15) is 19.2 Å². The number of carbonyl (C=O) groups is 4. The minimum atomic E-state index is -0.698. The lowest BCUT2D eigenvalue weighted by atomic mass is 9.99. The molecule has 7 rings (SSSR count). The zero-order valence-corrected chi connectivity index (χ0v) is 33.3. The van der Waals surface area contributed by atoms with Crippen LogP contribution in [-0.4, -0.2) is 87.7 Å². The van der Waals surface area contributed by atoms with Crippen LogP contribution in [0.4, 0.5) is 9.59 Å². The van der Waals surface area contributed by atoms with Crippen LogP contribution in [0.5, 0.6) is 0 Å². The van der Waals surface area contributed by atoms with Gasteiger partial charge in [0.15, 0.2) is 0 Å². The fraction of sp³-hybridized carbons (Fsp3) is 0.442. The van der Waals surface area contributed by atoms with Crippen LogP contribution in [0.1, 0.15) is 83.4 Å². The van der Waals surface area contributed by atoms with E-state index in [0.29, 0.717) is 6.54 Å². The highest BCUT2D eigenvalue weighted by Crippen LogP contribution is 2.37. The number of rotatable bonds is 11. The standard InChI is InChI=1S/C43H52N8O6/c1-23(2)35(49-42(54)56-5)40(52)47-31-10-7-9-30(31)38-45-32-19-17-28-21-27(16-18-29(28)37(32)48-38)25-12-14-26(15-13-25)33-22-44-39(46-33)34-11-8-20-51(34)41(53)36(24(3)4)50-43(55)57-6/h12-19,21-24,30-31,34-36H,7-11,20H2,1-6H3,(H,44,46)(H,45,48)(H,47,52)(H,49,54)(H,50,55)/t30-,31-,34+,35+,36+/m1/s1. The first-order valence-corrected chi connectivity index (χ1v) is 19.8. The summed E-state index contributed by atoms with van der Waals surface area (Å²) in [7, 11) is 2.58. The van der Waals surface area contributed by atoms with Gasteiger partial charge in [-0.15, -0.1) is 0 Å². The maximum atomic E-state index is 13.6. The number of fused-ring (bicyclic) bond motifs is 3. The number of hydrogen-bond donors (Lipinski definition) is 5. The van der Waals surface area contributed by atoms with Gasteiger partial charge in [0.05, 0.1) is 43.2 Å². The van der Waals surface area contributed by atoms with E-state index in [1.807, 2.05) is 38.8 Å². The molecule has 1 saturated carbocycles. The van der Waals surface area contributed by atoms with Crippen LogP contribution in [0.25, 0.3) is 44.2 Å². The van der Waals surface area contributed by atoms with E-state index in [1.54, 1.807) is 0 Å². The molecule has 3 aromatic carbocycles. The van der Waals surface area contributed by atoms with E-state index in [1.165, 1.54) is 14.2 Å². The van der Waals surface area contributed by atoms with Gasteiger partial charge in [-0.1, -0.05) is 76.6 Å². The Morgan fingerprint density at radius 3 is 2.16 bits per heavy atom. The van der Waals surface area contributed by atoms with Gasteiger partial charge in [0, 0.05) is 23.9 Å². The van der Waals surface area contributed by atoms with E-state index in [0.717, 1.165) is 87.9 Å². The number of aromatic nitrogens is 4. The van der Waals surface area contributed by atoms with E-state index >= 15 is 0 Å². The highest BCUT2D eigenvalue weighted by Gasteiger charge is 2.38. The van der Waals surface area contributed by atoms with E-state index in [2.05, 4.69) is 80.5 Å². The monoisotopic (exact) mass is 776 g/mol. The van der Waals surface area contributed by atoms with Gasteiger partial charge in [-0.3, -0.25) is 9.59 Å². The third kappa shape index (κ3) is 8.16. The number of carbonyl (C=O) groups excluding carboxylic acids is 4. The van der Waals surface area contributed by atoms with Crippen LogP contribution < -0.4 is 16.0 Å². The molecule has 2 aliphatic rings. The molecule has 5 aromatic rings. The number of nitrogens with zero attached hydrogens (tertiary/aromatic N) is 3. The van der Waals surface area contributed by atoms with Crippen LogP contribution in [0.3, 0.4) is 0 Å². The zero-order chi connectivity index (χ0) is 40.4. The Hall–Kier alpha value is -5.92. The van der Waals surface area contributed by atoms with Gasteiger partial charge in [-0.2, -0.15) is 0 Å². The van der Waals surface area contributed by atoms with Gasteiger partial charge in [-0.25, -0.2) is 19.6 Å². The first-order valence-electron chi connectivity index (χ1n) is 19.8. The van der Waals surface area contributed by atoms with Crippen molar-refractivity contribution >= 4 is 45.8 Å². The molecule has 1 aliphatic carbocycles. The fourth-order valence-electron chi connectivity index (χ4n) is 8.32. The van der Waals surface area contributed by atoms with Gasteiger partial charge >= 0.3 is 12.2 Å². The van der Waals surface area contributed by atoms with Crippen LogP contribution in [0.2, 0.25) is 0 Å². The van der Waals surface area contributed by atoms with Crippen molar-refractivity contribution in [1.29, 1.82) is 0 Å². The molecule has 14 heteroatoms. The van der Waals surface area contributed by atoms with Crippen LogP contribution >= 0.6 is 0 Å². The van der Waals surface area contributed by atoms with Crippen LogP contribution in [0, 0.1) is 11.8 Å². The summed E-state index contributed by atoms with van der Waals surface area (Å²) in [5.41, 5.74) is 5.83.